The lowest BCUT2D eigenvalue weighted by atomic mass is 10.1. The summed E-state index contributed by atoms with van der Waals surface area (Å²) in [6, 6.07) is 6.04. The molecule has 2 heterocycles. The van der Waals surface area contributed by atoms with Crippen LogP contribution in [0.5, 0.6) is 0 Å². The molecule has 0 aliphatic carbocycles. The highest BCUT2D eigenvalue weighted by atomic mass is 16.6. The molecule has 2 N–H and O–H groups in total. The Morgan fingerprint density at radius 2 is 2.05 bits per heavy atom. The van der Waals surface area contributed by atoms with Crippen molar-refractivity contribution in [1.29, 1.82) is 0 Å². The lowest BCUT2D eigenvalue weighted by molar-refractivity contribution is -0.687. The summed E-state index contributed by atoms with van der Waals surface area (Å²) in [5.74, 6) is 0. The van der Waals surface area contributed by atoms with Crippen LogP contribution in [-0.2, 0) is 4.74 Å². The van der Waals surface area contributed by atoms with Gasteiger partial charge in [0.25, 0.3) is 5.69 Å². The maximum Gasteiger partial charge on any atom is 0.292 e. The van der Waals surface area contributed by atoms with Crippen molar-refractivity contribution in [2.45, 2.75) is 13.0 Å². The van der Waals surface area contributed by atoms with Gasteiger partial charge >= 0.3 is 0 Å². The number of rotatable bonds is 3. The van der Waals surface area contributed by atoms with Crippen molar-refractivity contribution in [3.8, 4) is 0 Å². The van der Waals surface area contributed by atoms with E-state index >= 15 is 0 Å². The molecule has 0 unspecified atom stereocenters. The van der Waals surface area contributed by atoms with E-state index in [1.165, 1.54) is 0 Å². The maximum atomic E-state index is 11.3. The Hall–Kier alpha value is -1.86. The van der Waals surface area contributed by atoms with Crippen LogP contribution in [0.3, 0.4) is 0 Å². The van der Waals surface area contributed by atoms with Crippen LogP contribution in [0.4, 0.5) is 17.1 Å². The van der Waals surface area contributed by atoms with E-state index in [0.717, 1.165) is 25.3 Å². The quantitative estimate of drug-likeness (QED) is 0.638. The Kier molecular flexibility index (Phi) is 4.44. The summed E-state index contributed by atoms with van der Waals surface area (Å²) in [7, 11) is 0. The highest BCUT2D eigenvalue weighted by molar-refractivity contribution is 5.70. The number of quaternary nitrogens is 1. The Labute approximate surface area is 130 Å². The maximum absolute atomic E-state index is 11.3. The van der Waals surface area contributed by atoms with E-state index in [1.807, 2.05) is 12.1 Å². The van der Waals surface area contributed by atoms with Gasteiger partial charge < -0.3 is 19.9 Å². The Bertz CT molecular complexity index is 546. The minimum atomic E-state index is -0.290. The minimum Gasteiger partial charge on any atom is -0.378 e. The minimum absolute atomic E-state index is 0.183. The summed E-state index contributed by atoms with van der Waals surface area (Å²) < 4.78 is 5.36. The Balaban J connectivity index is 1.90. The molecule has 0 spiro atoms. The number of benzene rings is 1. The van der Waals surface area contributed by atoms with E-state index in [0.29, 0.717) is 38.0 Å². The van der Waals surface area contributed by atoms with Gasteiger partial charge in [0.1, 0.15) is 11.7 Å². The van der Waals surface area contributed by atoms with E-state index in [-0.39, 0.29) is 10.6 Å². The van der Waals surface area contributed by atoms with Crippen molar-refractivity contribution in [1.82, 2.24) is 0 Å². The molecule has 1 aromatic carbocycles. The predicted molar refractivity (Wildman–Crippen MR) is 84.6 cm³/mol. The molecule has 1 aromatic rings. The number of hydrogen-bond acceptors (Lipinski definition) is 5. The fourth-order valence-electron chi connectivity index (χ4n) is 3.18. The third-order valence-electron chi connectivity index (χ3n) is 4.35. The molecule has 0 amide bonds. The fraction of sp³-hybridized carbons (Fsp3) is 0.600. The van der Waals surface area contributed by atoms with Gasteiger partial charge in [0.05, 0.1) is 37.8 Å². The Morgan fingerprint density at radius 1 is 1.27 bits per heavy atom. The van der Waals surface area contributed by atoms with Crippen molar-refractivity contribution in [2.75, 3.05) is 55.7 Å². The van der Waals surface area contributed by atoms with Crippen LogP contribution < -0.4 is 15.1 Å². The van der Waals surface area contributed by atoms with Crippen LogP contribution in [0.1, 0.15) is 6.92 Å². The SMILES string of the molecule is C[C@@H]1CN(c2ccc([N+](=O)[O-])c(N3CCOCC3)c2)CC[NH2+]1. The number of morpholine rings is 1. The summed E-state index contributed by atoms with van der Waals surface area (Å²) in [6.07, 6.45) is 0. The second-order valence-electron chi connectivity index (χ2n) is 5.98. The average molecular weight is 307 g/mol. The van der Waals surface area contributed by atoms with Gasteiger partial charge in [-0.3, -0.25) is 10.1 Å². The molecule has 2 aliphatic heterocycles. The van der Waals surface area contributed by atoms with Crippen molar-refractivity contribution in [2.24, 2.45) is 0 Å². The number of nitro groups is 1. The zero-order chi connectivity index (χ0) is 15.5. The number of hydrogen-bond donors (Lipinski definition) is 1. The summed E-state index contributed by atoms with van der Waals surface area (Å²) in [5.41, 5.74) is 1.97. The van der Waals surface area contributed by atoms with Gasteiger partial charge in [-0.2, -0.15) is 0 Å². The van der Waals surface area contributed by atoms with Gasteiger partial charge in [-0.05, 0) is 19.1 Å². The normalized spacial score (nSPS) is 22.7. The van der Waals surface area contributed by atoms with Gasteiger partial charge in [-0.25, -0.2) is 0 Å². The Morgan fingerprint density at radius 3 is 2.73 bits per heavy atom. The molecule has 2 saturated heterocycles. The molecule has 2 aliphatic rings. The molecule has 0 radical (unpaired) electrons. The van der Waals surface area contributed by atoms with Gasteiger partial charge in [0, 0.05) is 24.8 Å². The van der Waals surface area contributed by atoms with Crippen LogP contribution in [0.25, 0.3) is 0 Å². The highest BCUT2D eigenvalue weighted by Crippen LogP contribution is 2.33. The second kappa shape index (κ2) is 6.50. The third-order valence-corrected chi connectivity index (χ3v) is 4.35. The second-order valence-corrected chi connectivity index (χ2v) is 5.98. The number of nitrogens with zero attached hydrogens (tertiary/aromatic N) is 3. The number of nitrogens with two attached hydrogens (primary N) is 1. The van der Waals surface area contributed by atoms with Crippen LogP contribution >= 0.6 is 0 Å². The predicted octanol–water partition coefficient (Wildman–Crippen LogP) is 0.203. The van der Waals surface area contributed by atoms with Crippen molar-refractivity contribution < 1.29 is 15.0 Å². The molecule has 1 atom stereocenters. The fourth-order valence-corrected chi connectivity index (χ4v) is 3.18. The van der Waals surface area contributed by atoms with Gasteiger partial charge in [-0.15, -0.1) is 0 Å². The third kappa shape index (κ3) is 3.15. The number of piperazine rings is 1. The van der Waals surface area contributed by atoms with E-state index in [9.17, 15) is 10.1 Å². The molecule has 22 heavy (non-hydrogen) atoms. The van der Waals surface area contributed by atoms with E-state index < -0.39 is 0 Å². The molecular weight excluding hydrogens is 284 g/mol. The number of ether oxygens (including phenoxy) is 1. The summed E-state index contributed by atoms with van der Waals surface area (Å²) in [6.45, 7) is 7.87. The molecular formula is C15H23N4O3+. The van der Waals surface area contributed by atoms with E-state index in [4.69, 9.17) is 4.74 Å². The molecule has 0 aromatic heterocycles. The smallest absolute Gasteiger partial charge is 0.292 e. The first-order valence-corrected chi connectivity index (χ1v) is 7.84. The molecule has 7 heteroatoms. The van der Waals surface area contributed by atoms with Crippen LogP contribution in [0.15, 0.2) is 18.2 Å². The van der Waals surface area contributed by atoms with Crippen molar-refractivity contribution >= 4 is 17.1 Å². The van der Waals surface area contributed by atoms with E-state index in [1.54, 1.807) is 6.07 Å². The van der Waals surface area contributed by atoms with Gasteiger partial charge in [-0.1, -0.05) is 0 Å². The molecule has 3 rings (SSSR count). The highest BCUT2D eigenvalue weighted by Gasteiger charge is 2.25. The summed E-state index contributed by atoms with van der Waals surface area (Å²) >= 11 is 0. The lowest BCUT2D eigenvalue weighted by Crippen LogP contribution is -2.94. The van der Waals surface area contributed by atoms with Crippen molar-refractivity contribution in [3.63, 3.8) is 0 Å². The first-order chi connectivity index (χ1) is 10.6. The molecule has 7 nitrogen and oxygen atoms in total. The lowest BCUT2D eigenvalue weighted by Gasteiger charge is -2.33. The number of nitro benzene ring substituents is 1. The first-order valence-electron chi connectivity index (χ1n) is 7.84. The van der Waals surface area contributed by atoms with Gasteiger partial charge in [0.15, 0.2) is 0 Å². The van der Waals surface area contributed by atoms with Gasteiger partial charge in [0.2, 0.25) is 0 Å². The number of anilines is 2. The van der Waals surface area contributed by atoms with E-state index in [2.05, 4.69) is 22.0 Å². The van der Waals surface area contributed by atoms with Crippen LogP contribution in [0.2, 0.25) is 0 Å². The largest absolute Gasteiger partial charge is 0.378 e. The summed E-state index contributed by atoms with van der Waals surface area (Å²) in [5, 5.41) is 13.7. The molecule has 0 saturated carbocycles. The topological polar surface area (TPSA) is 75.5 Å². The molecule has 0 bridgehead atoms. The zero-order valence-electron chi connectivity index (χ0n) is 12.9. The van der Waals surface area contributed by atoms with Crippen LogP contribution in [0, 0.1) is 10.1 Å². The average Bonchev–Trinajstić information content (AvgIpc) is 2.55. The first kappa shape index (κ1) is 15.1. The van der Waals surface area contributed by atoms with Crippen molar-refractivity contribution in [3.05, 3.63) is 28.3 Å². The standard InChI is InChI=1S/C15H22N4O3/c1-12-11-18(5-4-16-12)13-2-3-14(19(20)21)15(10-13)17-6-8-22-9-7-17/h2-3,10,12,16H,4-9,11H2,1H3/p+1/t12-/m1/s1. The molecule has 120 valence electrons. The van der Waals surface area contributed by atoms with Crippen LogP contribution in [-0.4, -0.2) is 56.9 Å². The molecule has 2 fully saturated rings. The zero-order valence-corrected chi connectivity index (χ0v) is 12.9. The summed E-state index contributed by atoms with van der Waals surface area (Å²) in [4.78, 5) is 15.4. The monoisotopic (exact) mass is 307 g/mol.